The number of ether oxygens (including phenoxy) is 1. The van der Waals surface area contributed by atoms with Gasteiger partial charge >= 0.3 is 7.60 Å². The molecule has 6 aromatic rings. The Morgan fingerprint density at radius 3 is 2.27 bits per heavy atom. The number of rotatable bonds is 15. The average molecular weight is 1080 g/mol. The van der Waals surface area contributed by atoms with Crippen molar-refractivity contribution in [2.24, 2.45) is 13.0 Å². The predicted molar refractivity (Wildman–Crippen MR) is 276 cm³/mol. The molecule has 3 fully saturated rings. The van der Waals surface area contributed by atoms with Crippen LogP contribution in [0.1, 0.15) is 52.8 Å². The minimum absolute atomic E-state index is 0.00791. The second kappa shape index (κ2) is 20.6. The highest BCUT2D eigenvalue weighted by molar-refractivity contribution is 9.10. The number of benzene rings is 3. The van der Waals surface area contributed by atoms with Crippen molar-refractivity contribution in [2.75, 3.05) is 87.6 Å². The van der Waals surface area contributed by atoms with Gasteiger partial charge in [-0.15, -0.1) is 0 Å². The number of carbonyl (C=O) groups is 4. The van der Waals surface area contributed by atoms with Gasteiger partial charge in [0.25, 0.3) is 11.8 Å². The lowest BCUT2D eigenvalue weighted by molar-refractivity contribution is -0.136. The Hall–Kier alpha value is -6.84. The minimum Gasteiger partial charge on any atom is -0.494 e. The number of halogens is 2. The highest BCUT2D eigenvalue weighted by Gasteiger charge is 2.45. The number of carbonyl (C=O) groups excluding carboxylic acids is 4. The molecule has 4 aliphatic rings. The maximum atomic E-state index is 15.6. The van der Waals surface area contributed by atoms with E-state index in [-0.39, 0.29) is 35.6 Å². The Balaban J connectivity index is 0.790. The number of aromatic nitrogens is 5. The molecular formula is C50H53BrFN12O8P. The fourth-order valence-corrected chi connectivity index (χ4v) is 11.9. The number of fused-ring (bicyclic) bond motifs is 2. The largest absolute Gasteiger partial charge is 0.494 e. The van der Waals surface area contributed by atoms with Crippen LogP contribution in [-0.2, 0) is 30.2 Å². The van der Waals surface area contributed by atoms with Crippen molar-refractivity contribution in [3.63, 3.8) is 0 Å². The second-order valence-electron chi connectivity index (χ2n) is 18.4. The van der Waals surface area contributed by atoms with Crippen molar-refractivity contribution in [3.8, 4) is 16.9 Å². The lowest BCUT2D eigenvalue weighted by Crippen LogP contribution is -2.54. The van der Waals surface area contributed by atoms with Crippen molar-refractivity contribution >= 4 is 97.9 Å². The molecule has 0 spiro atoms. The van der Waals surface area contributed by atoms with Crippen molar-refractivity contribution < 1.29 is 41.9 Å². The normalized spacial score (nSPS) is 17.9. The van der Waals surface area contributed by atoms with Crippen LogP contribution < -0.4 is 35.8 Å². The molecule has 7 heterocycles. The van der Waals surface area contributed by atoms with Crippen molar-refractivity contribution in [2.45, 2.75) is 38.1 Å². The number of hydrogen-bond donors (Lipinski definition) is 3. The number of nitrogens with zero attached hydrogens (tertiary/aromatic N) is 9. The SMILES string of the molecule is COc1cc(N2CCN(CCC3CCN(c4cc5c(cc4F)C(=O)N(C4CCC(=O)NC4=O)C5=O)CC3)CC2)c(-c2cnn(C)c2)cc1Nc1ncc(Br)c(Nc2ccc3ncccc3c2P(=O)(OC)OC)n1. The van der Waals surface area contributed by atoms with Crippen molar-refractivity contribution in [3.05, 3.63) is 94.7 Å². The molecule has 3 aromatic carbocycles. The first-order chi connectivity index (χ1) is 35.2. The summed E-state index contributed by atoms with van der Waals surface area (Å²) >= 11 is 3.58. The molecule has 10 rings (SSSR count). The number of hydrogen-bond acceptors (Lipinski definition) is 17. The molecule has 20 nitrogen and oxygen atoms in total. The number of nitrogens with one attached hydrogen (secondary N) is 3. The van der Waals surface area contributed by atoms with Gasteiger partial charge in [0.15, 0.2) is 0 Å². The molecule has 3 saturated heterocycles. The van der Waals surface area contributed by atoms with E-state index in [1.807, 2.05) is 48.6 Å². The summed E-state index contributed by atoms with van der Waals surface area (Å²) in [5, 5.41) is 14.3. The molecule has 0 radical (unpaired) electrons. The summed E-state index contributed by atoms with van der Waals surface area (Å²) in [6.45, 7) is 5.36. The van der Waals surface area contributed by atoms with E-state index in [0.29, 0.717) is 62.6 Å². The molecule has 1 unspecified atom stereocenters. The maximum absolute atomic E-state index is 15.6. The van der Waals surface area contributed by atoms with Crippen LogP contribution in [0.15, 0.2) is 77.8 Å². The van der Waals surface area contributed by atoms with Crippen LogP contribution in [0.3, 0.4) is 0 Å². The van der Waals surface area contributed by atoms with Gasteiger partial charge in [-0.25, -0.2) is 9.37 Å². The van der Waals surface area contributed by atoms with E-state index in [2.05, 4.69) is 56.7 Å². The Morgan fingerprint density at radius 2 is 1.58 bits per heavy atom. The number of pyridine rings is 1. The van der Waals surface area contributed by atoms with Crippen LogP contribution >= 0.6 is 23.5 Å². The summed E-state index contributed by atoms with van der Waals surface area (Å²) in [7, 11) is 2.40. The molecule has 0 saturated carbocycles. The first kappa shape index (κ1) is 49.7. The van der Waals surface area contributed by atoms with Crippen LogP contribution in [0.4, 0.5) is 38.9 Å². The quantitative estimate of drug-likeness (QED) is 0.0714. The number of piperidine rings is 2. The van der Waals surface area contributed by atoms with Gasteiger partial charge in [-0.2, -0.15) is 10.1 Å². The fourth-order valence-electron chi connectivity index (χ4n) is 10.2. The Bertz CT molecular complexity index is 3210. The van der Waals surface area contributed by atoms with Gasteiger partial charge < -0.3 is 34.2 Å². The third-order valence-electron chi connectivity index (χ3n) is 14.1. The molecule has 4 aliphatic heterocycles. The minimum atomic E-state index is -3.78. The molecule has 3 N–H and O–H groups in total. The maximum Gasteiger partial charge on any atom is 0.363 e. The summed E-state index contributed by atoms with van der Waals surface area (Å²) in [6, 6.07) is 12.6. The smallest absolute Gasteiger partial charge is 0.363 e. The van der Waals surface area contributed by atoms with Gasteiger partial charge in [0.05, 0.1) is 56.8 Å². The Kier molecular flexibility index (Phi) is 14.0. The van der Waals surface area contributed by atoms with Crippen molar-refractivity contribution in [1.29, 1.82) is 0 Å². The molecule has 73 heavy (non-hydrogen) atoms. The van der Waals surface area contributed by atoms with E-state index < -0.39 is 43.1 Å². The fraction of sp³-hybridized carbons (Fsp3) is 0.360. The van der Waals surface area contributed by atoms with Crippen LogP contribution in [0.5, 0.6) is 5.75 Å². The van der Waals surface area contributed by atoms with Crippen LogP contribution in [-0.4, -0.2) is 131 Å². The van der Waals surface area contributed by atoms with Gasteiger partial charge in [-0.05, 0) is 90.5 Å². The molecule has 3 aromatic heterocycles. The summed E-state index contributed by atoms with van der Waals surface area (Å²) in [6.07, 6.45) is 9.80. The third kappa shape index (κ3) is 9.76. The molecule has 1 atom stereocenters. The number of methoxy groups -OCH3 is 1. The van der Waals surface area contributed by atoms with Gasteiger partial charge in [-0.3, -0.25) is 48.5 Å². The van der Waals surface area contributed by atoms with E-state index in [0.717, 1.165) is 79.8 Å². The van der Waals surface area contributed by atoms with Gasteiger partial charge in [0.1, 0.15) is 23.4 Å². The highest BCUT2D eigenvalue weighted by atomic mass is 79.9. The molecule has 0 aliphatic carbocycles. The molecule has 380 valence electrons. The summed E-state index contributed by atoms with van der Waals surface area (Å²) in [5.41, 5.74) is 4.83. The lowest BCUT2D eigenvalue weighted by atomic mass is 9.92. The van der Waals surface area contributed by atoms with E-state index in [1.54, 1.807) is 36.3 Å². The summed E-state index contributed by atoms with van der Waals surface area (Å²) in [4.78, 5) is 72.3. The Labute approximate surface area is 428 Å². The number of piperazine rings is 1. The van der Waals surface area contributed by atoms with Gasteiger partial charge in [0.2, 0.25) is 17.8 Å². The zero-order valence-corrected chi connectivity index (χ0v) is 43.0. The first-order valence-corrected chi connectivity index (χ1v) is 26.2. The first-order valence-electron chi connectivity index (χ1n) is 23.9. The second-order valence-corrected chi connectivity index (χ2v) is 21.4. The van der Waals surface area contributed by atoms with E-state index in [9.17, 15) is 23.7 Å². The topological polar surface area (TPSA) is 219 Å². The number of imide groups is 2. The van der Waals surface area contributed by atoms with Crippen LogP contribution in [0.2, 0.25) is 0 Å². The zero-order chi connectivity index (χ0) is 51.1. The monoisotopic (exact) mass is 1080 g/mol. The molecule has 23 heteroatoms. The predicted octanol–water partition coefficient (Wildman–Crippen LogP) is 6.76. The zero-order valence-electron chi connectivity index (χ0n) is 40.6. The van der Waals surface area contributed by atoms with E-state index in [4.69, 9.17) is 18.8 Å². The van der Waals surface area contributed by atoms with Gasteiger partial charge in [-0.1, -0.05) is 6.07 Å². The Morgan fingerprint density at radius 1 is 0.836 bits per heavy atom. The number of amides is 4. The summed E-state index contributed by atoms with van der Waals surface area (Å²) in [5.74, 6) is -1.46. The van der Waals surface area contributed by atoms with Crippen LogP contribution in [0.25, 0.3) is 22.0 Å². The van der Waals surface area contributed by atoms with Crippen LogP contribution in [0, 0.1) is 11.7 Å². The average Bonchev–Trinajstić information content (AvgIpc) is 3.94. The molecule has 4 amide bonds. The van der Waals surface area contributed by atoms with E-state index in [1.165, 1.54) is 20.3 Å². The standard InChI is InChI=1S/C50H53BrFN12O8P/c1-60-28-30(26-55-60)32-23-39(57-50-54-27-35(51)46(59-50)56-38-8-7-37-31(6-5-14-53-37)45(38)73(69,71-3)72-4)43(70-2)25-41(32)63-20-18-61(19-21-63)15-11-29-12-16-62(17-13-29)42-24-34-33(22-36(42)52)48(67)64(49(34)68)40-9-10-44(65)58-47(40)66/h5-8,14,22-29,40H,9-13,15-21H2,1-4H3,(H,58,65,66)(H2,54,56,57,59). The summed E-state index contributed by atoms with van der Waals surface area (Å²) < 4.78 is 48.8. The van der Waals surface area contributed by atoms with Gasteiger partial charge in [0, 0.05) is 114 Å². The third-order valence-corrected chi connectivity index (χ3v) is 16.7. The molecule has 0 bridgehead atoms. The molecular weight excluding hydrogens is 1030 g/mol. The lowest BCUT2D eigenvalue weighted by Gasteiger charge is -2.39. The van der Waals surface area contributed by atoms with Crippen molar-refractivity contribution in [1.82, 2.24) is 39.8 Å². The number of aryl methyl sites for hydroxylation is 1. The van der Waals surface area contributed by atoms with E-state index >= 15 is 4.39 Å². The number of anilines is 6. The highest BCUT2D eigenvalue weighted by Crippen LogP contribution is 2.50.